The van der Waals surface area contributed by atoms with Crippen molar-refractivity contribution >= 4 is 23.1 Å². The number of nitrogens with zero attached hydrogens (tertiary/aromatic N) is 2. The van der Waals surface area contributed by atoms with Gasteiger partial charge in [-0.15, -0.1) is 5.10 Å². The average molecular weight is 315 g/mol. The summed E-state index contributed by atoms with van der Waals surface area (Å²) in [6, 6.07) is 4.49. The summed E-state index contributed by atoms with van der Waals surface area (Å²) in [7, 11) is 0. The van der Waals surface area contributed by atoms with Crippen molar-refractivity contribution in [2.45, 2.75) is 38.7 Å². The number of aliphatic hydroxyl groups is 1. The number of halogens is 2. The van der Waals surface area contributed by atoms with Crippen LogP contribution in [-0.4, -0.2) is 14.7 Å². The first-order valence-corrected chi connectivity index (χ1v) is 7.39. The molecule has 20 heavy (non-hydrogen) atoms. The first kappa shape index (κ1) is 15.4. The fourth-order valence-electron chi connectivity index (χ4n) is 1.95. The third kappa shape index (κ3) is 3.16. The molecule has 0 fully saturated rings. The molecule has 0 spiro atoms. The summed E-state index contributed by atoms with van der Waals surface area (Å²) in [5, 5.41) is 14.8. The van der Waals surface area contributed by atoms with Crippen molar-refractivity contribution in [1.82, 2.24) is 9.59 Å². The lowest BCUT2D eigenvalue weighted by Gasteiger charge is -2.19. The molecule has 2 rings (SSSR count). The number of rotatable bonds is 3. The van der Waals surface area contributed by atoms with Crippen LogP contribution in [0.25, 0.3) is 0 Å². The molecule has 0 amide bonds. The zero-order chi connectivity index (χ0) is 14.9. The predicted octanol–water partition coefficient (Wildman–Crippen LogP) is 3.90. The molecule has 1 aromatic carbocycles. The van der Waals surface area contributed by atoms with E-state index in [2.05, 4.69) is 9.59 Å². The Balaban J connectivity index is 2.30. The van der Waals surface area contributed by atoms with E-state index in [9.17, 15) is 9.50 Å². The third-order valence-corrected chi connectivity index (χ3v) is 4.17. The predicted molar refractivity (Wildman–Crippen MR) is 78.7 cm³/mol. The largest absolute Gasteiger partial charge is 0.387 e. The highest BCUT2D eigenvalue weighted by Crippen LogP contribution is 2.33. The topological polar surface area (TPSA) is 46.0 Å². The van der Waals surface area contributed by atoms with Gasteiger partial charge in [0.1, 0.15) is 5.82 Å². The van der Waals surface area contributed by atoms with Crippen LogP contribution < -0.4 is 0 Å². The van der Waals surface area contributed by atoms with Gasteiger partial charge in [-0.2, -0.15) is 0 Å². The van der Waals surface area contributed by atoms with Crippen molar-refractivity contribution in [1.29, 1.82) is 0 Å². The van der Waals surface area contributed by atoms with Gasteiger partial charge < -0.3 is 5.11 Å². The molecule has 0 saturated carbocycles. The van der Waals surface area contributed by atoms with Crippen LogP contribution in [0, 0.1) is 5.82 Å². The molecular weight excluding hydrogens is 299 g/mol. The van der Waals surface area contributed by atoms with Gasteiger partial charge in [-0.25, -0.2) is 4.39 Å². The van der Waals surface area contributed by atoms with Crippen molar-refractivity contribution in [3.63, 3.8) is 0 Å². The summed E-state index contributed by atoms with van der Waals surface area (Å²) in [5.74, 6) is -0.411. The monoisotopic (exact) mass is 314 g/mol. The molecule has 1 N–H and O–H groups in total. The van der Waals surface area contributed by atoms with Crippen LogP contribution in [0.1, 0.15) is 43.0 Å². The normalized spacial score (nSPS) is 13.5. The number of benzene rings is 1. The zero-order valence-corrected chi connectivity index (χ0v) is 13.1. The van der Waals surface area contributed by atoms with Crippen molar-refractivity contribution in [3.8, 4) is 0 Å². The second-order valence-electron chi connectivity index (χ2n) is 5.66. The van der Waals surface area contributed by atoms with E-state index in [1.807, 2.05) is 20.8 Å². The van der Waals surface area contributed by atoms with Gasteiger partial charge in [0.15, 0.2) is 0 Å². The lowest BCUT2D eigenvalue weighted by Crippen LogP contribution is -2.16. The summed E-state index contributed by atoms with van der Waals surface area (Å²) >= 11 is 7.12. The third-order valence-electron chi connectivity index (χ3n) is 2.99. The first-order valence-electron chi connectivity index (χ1n) is 6.24. The Morgan fingerprint density at radius 2 is 2.10 bits per heavy atom. The van der Waals surface area contributed by atoms with E-state index < -0.39 is 11.9 Å². The number of aliphatic hydroxyl groups excluding tert-OH is 1. The molecule has 0 radical (unpaired) electrons. The van der Waals surface area contributed by atoms with Crippen LogP contribution >= 0.6 is 23.1 Å². The molecule has 1 atom stereocenters. The molecule has 2 aromatic rings. The van der Waals surface area contributed by atoms with Crippen LogP contribution in [0.5, 0.6) is 0 Å². The number of hydrogen-bond donors (Lipinski definition) is 1. The molecule has 0 bridgehead atoms. The van der Waals surface area contributed by atoms with E-state index >= 15 is 0 Å². The lowest BCUT2D eigenvalue weighted by molar-refractivity contribution is 0.178. The Bertz CT molecular complexity index is 589. The van der Waals surface area contributed by atoms with Gasteiger partial charge in [0.25, 0.3) is 0 Å². The number of hydrogen-bond acceptors (Lipinski definition) is 4. The highest BCUT2D eigenvalue weighted by atomic mass is 35.5. The van der Waals surface area contributed by atoms with Gasteiger partial charge in [0.05, 0.1) is 16.7 Å². The molecule has 0 aliphatic heterocycles. The van der Waals surface area contributed by atoms with Crippen LogP contribution in [-0.2, 0) is 11.8 Å². The Morgan fingerprint density at radius 3 is 2.70 bits per heavy atom. The van der Waals surface area contributed by atoms with Crippen molar-refractivity contribution in [3.05, 3.63) is 45.2 Å². The highest BCUT2D eigenvalue weighted by molar-refractivity contribution is 7.05. The highest BCUT2D eigenvalue weighted by Gasteiger charge is 2.27. The van der Waals surface area contributed by atoms with Gasteiger partial charge in [-0.3, -0.25) is 0 Å². The Labute approximate surface area is 126 Å². The Morgan fingerprint density at radius 1 is 1.40 bits per heavy atom. The minimum Gasteiger partial charge on any atom is -0.387 e. The fourth-order valence-corrected chi connectivity index (χ4v) is 3.04. The molecule has 6 heteroatoms. The van der Waals surface area contributed by atoms with E-state index in [1.54, 1.807) is 12.1 Å². The maximum atomic E-state index is 13.8. The van der Waals surface area contributed by atoms with Gasteiger partial charge in [0, 0.05) is 22.4 Å². The SMILES string of the molecule is CC(C)(C)c1nnsc1C(O)Cc1c(F)cccc1Cl. The van der Waals surface area contributed by atoms with Crippen molar-refractivity contribution in [2.24, 2.45) is 0 Å². The maximum Gasteiger partial charge on any atom is 0.127 e. The van der Waals surface area contributed by atoms with E-state index in [0.717, 1.165) is 17.2 Å². The average Bonchev–Trinajstić information content (AvgIpc) is 2.82. The van der Waals surface area contributed by atoms with E-state index in [1.165, 1.54) is 6.07 Å². The summed E-state index contributed by atoms with van der Waals surface area (Å²) < 4.78 is 17.7. The fraction of sp³-hybridized carbons (Fsp3) is 0.429. The molecule has 1 unspecified atom stereocenters. The molecule has 0 aliphatic rings. The smallest absolute Gasteiger partial charge is 0.127 e. The van der Waals surface area contributed by atoms with Gasteiger partial charge in [0.2, 0.25) is 0 Å². The summed E-state index contributed by atoms with van der Waals surface area (Å²) in [6.45, 7) is 5.99. The second kappa shape index (κ2) is 5.76. The molecular formula is C14H16ClFN2OS. The quantitative estimate of drug-likeness (QED) is 0.934. The summed E-state index contributed by atoms with van der Waals surface area (Å²) in [5.41, 5.74) is 0.833. The molecule has 3 nitrogen and oxygen atoms in total. The summed E-state index contributed by atoms with van der Waals surface area (Å²) in [6.07, 6.45) is -0.753. The second-order valence-corrected chi connectivity index (χ2v) is 6.85. The Kier molecular flexibility index (Phi) is 4.42. The van der Waals surface area contributed by atoms with Gasteiger partial charge >= 0.3 is 0 Å². The van der Waals surface area contributed by atoms with Crippen LogP contribution in [0.15, 0.2) is 18.2 Å². The van der Waals surface area contributed by atoms with Crippen LogP contribution in [0.4, 0.5) is 4.39 Å². The van der Waals surface area contributed by atoms with Crippen molar-refractivity contribution in [2.75, 3.05) is 0 Å². The molecule has 0 aliphatic carbocycles. The Hall–Kier alpha value is -1.04. The molecule has 1 aromatic heterocycles. The molecule has 0 saturated heterocycles. The van der Waals surface area contributed by atoms with Crippen LogP contribution in [0.2, 0.25) is 5.02 Å². The van der Waals surface area contributed by atoms with E-state index in [4.69, 9.17) is 11.6 Å². The molecule has 1 heterocycles. The lowest BCUT2D eigenvalue weighted by atomic mass is 9.89. The van der Waals surface area contributed by atoms with E-state index in [-0.39, 0.29) is 11.8 Å². The van der Waals surface area contributed by atoms with Gasteiger partial charge in [-0.1, -0.05) is 42.9 Å². The summed E-state index contributed by atoms with van der Waals surface area (Å²) in [4.78, 5) is 0.664. The number of aromatic nitrogens is 2. The maximum absolute atomic E-state index is 13.8. The van der Waals surface area contributed by atoms with Gasteiger partial charge in [-0.05, 0) is 23.7 Å². The standard InChI is InChI=1S/C14H16ClFN2OS/c1-14(2,3)13-12(20-18-17-13)11(19)7-8-9(15)5-4-6-10(8)16/h4-6,11,19H,7H2,1-3H3. The minimum atomic E-state index is -0.862. The first-order chi connectivity index (χ1) is 9.30. The minimum absolute atomic E-state index is 0.110. The van der Waals surface area contributed by atoms with E-state index in [0.29, 0.717) is 15.5 Å². The van der Waals surface area contributed by atoms with Crippen molar-refractivity contribution < 1.29 is 9.50 Å². The van der Waals surface area contributed by atoms with Crippen LogP contribution in [0.3, 0.4) is 0 Å². The zero-order valence-electron chi connectivity index (χ0n) is 11.5. The molecule has 108 valence electrons.